The molecule has 2 aliphatic rings. The normalized spacial score (nSPS) is 20.4. The zero-order chi connectivity index (χ0) is 22.8. The van der Waals surface area contributed by atoms with Crippen LogP contribution in [0.3, 0.4) is 0 Å². The average Bonchev–Trinajstić information content (AvgIpc) is 3.46. The highest BCUT2D eigenvalue weighted by Crippen LogP contribution is 2.27. The second-order valence-corrected chi connectivity index (χ2v) is 8.94. The largest absolute Gasteiger partial charge is 0.465 e. The van der Waals surface area contributed by atoms with E-state index >= 15 is 0 Å². The summed E-state index contributed by atoms with van der Waals surface area (Å²) in [4.78, 5) is 51.0. The molecule has 0 aliphatic carbocycles. The van der Waals surface area contributed by atoms with Gasteiger partial charge in [-0.15, -0.1) is 11.3 Å². The van der Waals surface area contributed by atoms with E-state index < -0.39 is 24.3 Å². The van der Waals surface area contributed by atoms with Crippen molar-refractivity contribution in [1.29, 1.82) is 0 Å². The molecule has 0 spiro atoms. The van der Waals surface area contributed by atoms with E-state index in [0.717, 1.165) is 0 Å². The van der Waals surface area contributed by atoms with E-state index in [0.29, 0.717) is 33.6 Å². The van der Waals surface area contributed by atoms with Crippen LogP contribution in [0.5, 0.6) is 0 Å². The van der Waals surface area contributed by atoms with E-state index in [4.69, 9.17) is 21.4 Å². The van der Waals surface area contributed by atoms with Gasteiger partial charge in [-0.1, -0.05) is 11.6 Å². The SMILES string of the molecule is O=C(O)N[C@@H]1CCN(c2ccc(N3C[C@H](CNC(=O)c4ccc(Cl)s4)OC3=O)cc2)C1=O. The minimum absolute atomic E-state index is 0.162. The summed E-state index contributed by atoms with van der Waals surface area (Å²) in [6.45, 7) is 0.817. The van der Waals surface area contributed by atoms with Crippen molar-refractivity contribution in [2.24, 2.45) is 0 Å². The maximum Gasteiger partial charge on any atom is 0.414 e. The third kappa shape index (κ3) is 4.63. The van der Waals surface area contributed by atoms with Crippen molar-refractivity contribution >= 4 is 58.3 Å². The van der Waals surface area contributed by atoms with Crippen molar-refractivity contribution in [3.05, 3.63) is 45.6 Å². The molecule has 3 N–H and O–H groups in total. The lowest BCUT2D eigenvalue weighted by molar-refractivity contribution is -0.118. The number of carbonyl (C=O) groups is 4. The maximum absolute atomic E-state index is 12.4. The quantitative estimate of drug-likeness (QED) is 0.585. The summed E-state index contributed by atoms with van der Waals surface area (Å²) < 4.78 is 5.85. The molecule has 2 aliphatic heterocycles. The van der Waals surface area contributed by atoms with Crippen LogP contribution in [0, 0.1) is 0 Å². The van der Waals surface area contributed by atoms with Crippen LogP contribution in [0.25, 0.3) is 0 Å². The Morgan fingerprint density at radius 1 is 1.12 bits per heavy atom. The van der Waals surface area contributed by atoms with Gasteiger partial charge in [-0.05, 0) is 42.8 Å². The van der Waals surface area contributed by atoms with Crippen LogP contribution in [-0.4, -0.2) is 60.9 Å². The molecule has 168 valence electrons. The van der Waals surface area contributed by atoms with Gasteiger partial charge in [0.25, 0.3) is 5.91 Å². The fraction of sp³-hybridized carbons (Fsp3) is 0.300. The first kappa shape index (κ1) is 21.9. The van der Waals surface area contributed by atoms with Crippen LogP contribution in [0.4, 0.5) is 21.0 Å². The van der Waals surface area contributed by atoms with Crippen LogP contribution >= 0.6 is 22.9 Å². The highest BCUT2D eigenvalue weighted by molar-refractivity contribution is 7.18. The summed E-state index contributed by atoms with van der Waals surface area (Å²) >= 11 is 7.00. The topological polar surface area (TPSA) is 128 Å². The number of anilines is 2. The lowest BCUT2D eigenvalue weighted by Gasteiger charge is -2.19. The van der Waals surface area contributed by atoms with Crippen molar-refractivity contribution < 1.29 is 29.0 Å². The number of amides is 4. The van der Waals surface area contributed by atoms with Crippen molar-refractivity contribution in [2.75, 3.05) is 29.4 Å². The Bertz CT molecular complexity index is 1060. The van der Waals surface area contributed by atoms with Crippen LogP contribution in [0.1, 0.15) is 16.1 Å². The second-order valence-electron chi connectivity index (χ2n) is 7.23. The molecule has 2 fully saturated rings. The number of nitrogens with one attached hydrogen (secondary N) is 2. The summed E-state index contributed by atoms with van der Waals surface area (Å²) in [5, 5.41) is 13.8. The Kier molecular flexibility index (Phi) is 6.19. The Balaban J connectivity index is 1.34. The molecule has 1 aromatic carbocycles. The zero-order valence-electron chi connectivity index (χ0n) is 16.6. The lowest BCUT2D eigenvalue weighted by Crippen LogP contribution is -2.40. The first-order valence-corrected chi connectivity index (χ1v) is 10.9. The number of halogens is 1. The third-order valence-corrected chi connectivity index (χ3v) is 6.37. The smallest absolute Gasteiger partial charge is 0.414 e. The maximum atomic E-state index is 12.4. The van der Waals surface area contributed by atoms with Gasteiger partial charge in [-0.2, -0.15) is 0 Å². The highest BCUT2D eigenvalue weighted by Gasteiger charge is 2.35. The van der Waals surface area contributed by atoms with Gasteiger partial charge in [0.2, 0.25) is 5.91 Å². The van der Waals surface area contributed by atoms with Gasteiger partial charge < -0.3 is 25.4 Å². The summed E-state index contributed by atoms with van der Waals surface area (Å²) in [7, 11) is 0. The van der Waals surface area contributed by atoms with Gasteiger partial charge in [0.05, 0.1) is 22.3 Å². The molecule has 4 rings (SSSR count). The molecular formula is C20H19ClN4O6S. The van der Waals surface area contributed by atoms with E-state index in [9.17, 15) is 19.2 Å². The number of cyclic esters (lactones) is 1. The summed E-state index contributed by atoms with van der Waals surface area (Å²) in [6.07, 6.45) is -1.89. The van der Waals surface area contributed by atoms with E-state index in [1.807, 2.05) is 0 Å². The lowest BCUT2D eigenvalue weighted by atomic mass is 10.2. The number of carbonyl (C=O) groups excluding carboxylic acids is 3. The molecule has 12 heteroatoms. The summed E-state index contributed by atoms with van der Waals surface area (Å²) in [5.74, 6) is -0.602. The molecule has 0 bridgehead atoms. The average molecular weight is 479 g/mol. The number of ether oxygens (including phenoxy) is 1. The molecule has 1 aromatic heterocycles. The van der Waals surface area contributed by atoms with Gasteiger partial charge >= 0.3 is 12.2 Å². The Morgan fingerprint density at radius 2 is 1.81 bits per heavy atom. The molecule has 3 heterocycles. The fourth-order valence-electron chi connectivity index (χ4n) is 3.60. The fourth-order valence-corrected chi connectivity index (χ4v) is 4.56. The van der Waals surface area contributed by atoms with Crippen LogP contribution < -0.4 is 20.4 Å². The van der Waals surface area contributed by atoms with E-state index in [2.05, 4.69) is 10.6 Å². The van der Waals surface area contributed by atoms with Gasteiger partial charge in [0, 0.05) is 17.9 Å². The van der Waals surface area contributed by atoms with Crippen LogP contribution in [0.15, 0.2) is 36.4 Å². The predicted molar refractivity (Wildman–Crippen MR) is 118 cm³/mol. The Hall–Kier alpha value is -3.31. The molecule has 2 atom stereocenters. The van der Waals surface area contributed by atoms with E-state index in [1.165, 1.54) is 21.1 Å². The molecule has 2 aromatic rings. The molecule has 0 saturated carbocycles. The number of hydrogen-bond acceptors (Lipinski definition) is 6. The predicted octanol–water partition coefficient (Wildman–Crippen LogP) is 2.53. The number of rotatable bonds is 6. The second kappa shape index (κ2) is 9.05. The van der Waals surface area contributed by atoms with Crippen LogP contribution in [0.2, 0.25) is 4.34 Å². The number of thiophene rings is 1. The van der Waals surface area contributed by atoms with Crippen molar-refractivity contribution in [2.45, 2.75) is 18.6 Å². The van der Waals surface area contributed by atoms with E-state index in [-0.39, 0.29) is 24.9 Å². The Labute approximate surface area is 191 Å². The molecule has 4 amide bonds. The number of hydrogen-bond donors (Lipinski definition) is 3. The van der Waals surface area contributed by atoms with Gasteiger partial charge in [-0.3, -0.25) is 14.5 Å². The summed E-state index contributed by atoms with van der Waals surface area (Å²) in [5.41, 5.74) is 1.20. The van der Waals surface area contributed by atoms with E-state index in [1.54, 1.807) is 36.4 Å². The first-order valence-electron chi connectivity index (χ1n) is 9.74. The number of nitrogens with zero attached hydrogens (tertiary/aromatic N) is 2. The minimum Gasteiger partial charge on any atom is -0.465 e. The molecule has 0 radical (unpaired) electrons. The van der Waals surface area contributed by atoms with Gasteiger partial charge in [0.1, 0.15) is 12.1 Å². The van der Waals surface area contributed by atoms with Crippen LogP contribution in [-0.2, 0) is 9.53 Å². The Morgan fingerprint density at radius 3 is 2.44 bits per heavy atom. The third-order valence-electron chi connectivity index (χ3n) is 5.14. The molecule has 10 nitrogen and oxygen atoms in total. The van der Waals surface area contributed by atoms with Gasteiger partial charge in [-0.25, -0.2) is 9.59 Å². The first-order chi connectivity index (χ1) is 15.3. The number of benzene rings is 1. The van der Waals surface area contributed by atoms with Crippen molar-refractivity contribution in [3.8, 4) is 0 Å². The molecular weight excluding hydrogens is 460 g/mol. The molecule has 0 unspecified atom stereocenters. The summed E-state index contributed by atoms with van der Waals surface area (Å²) in [6, 6.07) is 9.27. The monoisotopic (exact) mass is 478 g/mol. The molecule has 2 saturated heterocycles. The highest BCUT2D eigenvalue weighted by atomic mass is 35.5. The van der Waals surface area contributed by atoms with Crippen molar-refractivity contribution in [1.82, 2.24) is 10.6 Å². The van der Waals surface area contributed by atoms with Gasteiger partial charge in [0.15, 0.2) is 0 Å². The standard InChI is InChI=1S/C20H19ClN4O6S/c21-16-6-5-15(32-16)17(26)22-9-13-10-25(20(30)31-13)12-3-1-11(2-4-12)24-8-7-14(18(24)27)23-19(28)29/h1-6,13-14,23H,7-10H2,(H,22,26)(H,28,29)/t13-,14+/m0/s1. The zero-order valence-corrected chi connectivity index (χ0v) is 18.2. The minimum atomic E-state index is -1.24. The molecule has 32 heavy (non-hydrogen) atoms. The number of carboxylic acid groups (broad SMARTS) is 1. The van der Waals surface area contributed by atoms with Crippen molar-refractivity contribution in [3.63, 3.8) is 0 Å².